The van der Waals surface area contributed by atoms with Gasteiger partial charge in [-0.3, -0.25) is 9.69 Å². The average Bonchev–Trinajstić information content (AvgIpc) is 2.92. The lowest BCUT2D eigenvalue weighted by Crippen LogP contribution is -2.47. The van der Waals surface area contributed by atoms with Gasteiger partial charge in [0, 0.05) is 24.0 Å². The molecule has 1 aromatic rings. The number of hydrogen-bond donors (Lipinski definition) is 1. The van der Waals surface area contributed by atoms with E-state index in [2.05, 4.69) is 4.98 Å². The summed E-state index contributed by atoms with van der Waals surface area (Å²) in [5.74, 6) is -1.79. The summed E-state index contributed by atoms with van der Waals surface area (Å²) >= 11 is 1.44. The lowest BCUT2D eigenvalue weighted by atomic mass is 9.86. The number of hydrogen-bond acceptors (Lipinski definition) is 4. The van der Waals surface area contributed by atoms with Gasteiger partial charge in [-0.05, 0) is 27.2 Å². The lowest BCUT2D eigenvalue weighted by Gasteiger charge is -2.29. The molecular weight excluding hydrogens is 305 g/mol. The molecule has 8 heteroatoms. The van der Waals surface area contributed by atoms with Crippen molar-refractivity contribution >= 4 is 17.3 Å². The zero-order chi connectivity index (χ0) is 16.0. The second-order valence-electron chi connectivity index (χ2n) is 5.46. The third-order valence-corrected chi connectivity index (χ3v) is 5.36. The highest BCUT2D eigenvalue weighted by molar-refractivity contribution is 7.11. The molecule has 0 saturated carbocycles. The molecule has 21 heavy (non-hydrogen) atoms. The Kier molecular flexibility index (Phi) is 4.05. The normalized spacial score (nSPS) is 25.2. The second-order valence-corrected chi connectivity index (χ2v) is 6.70. The zero-order valence-electron chi connectivity index (χ0n) is 12.0. The first-order chi connectivity index (χ1) is 9.58. The molecule has 118 valence electrons. The number of aryl methyl sites for hydroxylation is 2. The van der Waals surface area contributed by atoms with E-state index in [4.69, 9.17) is 5.11 Å². The molecule has 1 aromatic heterocycles. The quantitative estimate of drug-likeness (QED) is 0.929. The fraction of sp³-hybridized carbons (Fsp3) is 0.692. The lowest BCUT2D eigenvalue weighted by molar-refractivity contribution is -0.227. The van der Waals surface area contributed by atoms with Crippen LogP contribution in [0.3, 0.4) is 0 Å². The van der Waals surface area contributed by atoms with Crippen molar-refractivity contribution in [3.05, 3.63) is 15.6 Å². The molecule has 0 aliphatic carbocycles. The summed E-state index contributed by atoms with van der Waals surface area (Å²) in [5, 5.41) is 9.93. The Morgan fingerprint density at radius 3 is 2.48 bits per heavy atom. The molecule has 2 unspecified atom stereocenters. The first-order valence-electron chi connectivity index (χ1n) is 6.56. The Balaban J connectivity index is 2.25. The van der Waals surface area contributed by atoms with E-state index in [1.807, 2.05) is 13.8 Å². The van der Waals surface area contributed by atoms with Gasteiger partial charge in [0.15, 0.2) is 5.41 Å². The van der Waals surface area contributed by atoms with Crippen LogP contribution in [0, 0.1) is 19.3 Å². The topological polar surface area (TPSA) is 53.4 Å². The van der Waals surface area contributed by atoms with Crippen LogP contribution >= 0.6 is 11.3 Å². The molecule has 2 rings (SSSR count). The van der Waals surface area contributed by atoms with E-state index in [1.165, 1.54) is 11.3 Å². The van der Waals surface area contributed by atoms with E-state index in [0.717, 1.165) is 15.6 Å². The van der Waals surface area contributed by atoms with Crippen molar-refractivity contribution in [1.29, 1.82) is 0 Å². The molecule has 0 amide bonds. The van der Waals surface area contributed by atoms with Crippen LogP contribution in [0.25, 0.3) is 0 Å². The third kappa shape index (κ3) is 2.66. The molecule has 4 nitrogen and oxygen atoms in total. The number of nitrogens with zero attached hydrogens (tertiary/aromatic N) is 2. The van der Waals surface area contributed by atoms with Crippen molar-refractivity contribution in [2.45, 2.75) is 39.4 Å². The van der Waals surface area contributed by atoms with Gasteiger partial charge in [-0.2, -0.15) is 13.2 Å². The van der Waals surface area contributed by atoms with Gasteiger partial charge in [0.2, 0.25) is 0 Å². The highest BCUT2D eigenvalue weighted by Gasteiger charge is 2.64. The molecule has 0 bridgehead atoms. The predicted octanol–water partition coefficient (Wildman–Crippen LogP) is 3.16. The number of thiazole rings is 1. The first-order valence-corrected chi connectivity index (χ1v) is 7.38. The summed E-state index contributed by atoms with van der Waals surface area (Å²) in [6, 6.07) is -0.264. The van der Waals surface area contributed by atoms with Crippen molar-refractivity contribution in [2.75, 3.05) is 13.1 Å². The molecule has 1 N–H and O–H groups in total. The van der Waals surface area contributed by atoms with Gasteiger partial charge in [-0.15, -0.1) is 11.3 Å². The molecule has 1 aliphatic heterocycles. The Bertz CT molecular complexity index is 558. The van der Waals surface area contributed by atoms with Crippen molar-refractivity contribution in [3.8, 4) is 0 Å². The Labute approximate surface area is 124 Å². The van der Waals surface area contributed by atoms with Crippen molar-refractivity contribution < 1.29 is 23.1 Å². The van der Waals surface area contributed by atoms with Gasteiger partial charge in [0.25, 0.3) is 0 Å². The summed E-state index contributed by atoms with van der Waals surface area (Å²) in [7, 11) is 0. The molecule has 1 saturated heterocycles. The van der Waals surface area contributed by atoms with Crippen LogP contribution < -0.4 is 0 Å². The molecule has 0 radical (unpaired) electrons. The molecule has 1 fully saturated rings. The Morgan fingerprint density at radius 1 is 1.48 bits per heavy atom. The maximum absolute atomic E-state index is 13.2. The van der Waals surface area contributed by atoms with Crippen LogP contribution in [0.5, 0.6) is 0 Å². The van der Waals surface area contributed by atoms with Crippen molar-refractivity contribution in [1.82, 2.24) is 9.88 Å². The molecule has 2 atom stereocenters. The Hall–Kier alpha value is -1.15. The minimum absolute atomic E-state index is 0.114. The van der Waals surface area contributed by atoms with Gasteiger partial charge in [-0.25, -0.2) is 4.98 Å². The molecular formula is C13H17F3N2O2S. The molecule has 0 aromatic carbocycles. The summed E-state index contributed by atoms with van der Waals surface area (Å²) in [6.07, 6.45) is -5.15. The van der Waals surface area contributed by atoms with Gasteiger partial charge < -0.3 is 5.11 Å². The number of carbonyl (C=O) groups is 1. The zero-order valence-corrected chi connectivity index (χ0v) is 12.8. The monoisotopic (exact) mass is 322 g/mol. The standard InChI is InChI=1S/C13H17F3N2O2S/c1-7-10(21-9(3)17-7)8(2)18-5-4-12(6-18,11(19)20)13(14,15)16/h8H,4-6H2,1-3H3,(H,19,20). The number of carboxylic acids is 1. The number of alkyl halides is 3. The van der Waals surface area contributed by atoms with Crippen LogP contribution in [0.15, 0.2) is 0 Å². The van der Waals surface area contributed by atoms with Crippen molar-refractivity contribution in [2.24, 2.45) is 5.41 Å². The number of carboxylic acid groups (broad SMARTS) is 1. The number of likely N-dealkylation sites (tertiary alicyclic amines) is 1. The summed E-state index contributed by atoms with van der Waals surface area (Å²) in [4.78, 5) is 18.0. The average molecular weight is 322 g/mol. The molecule has 1 aliphatic rings. The van der Waals surface area contributed by atoms with Crippen LogP contribution in [0.1, 0.15) is 35.0 Å². The number of rotatable bonds is 3. The van der Waals surface area contributed by atoms with Gasteiger partial charge >= 0.3 is 12.1 Å². The van der Waals surface area contributed by atoms with Crippen molar-refractivity contribution in [3.63, 3.8) is 0 Å². The maximum atomic E-state index is 13.2. The van der Waals surface area contributed by atoms with E-state index >= 15 is 0 Å². The number of aliphatic carboxylic acids is 1. The number of halogens is 3. The number of aromatic nitrogens is 1. The molecule has 0 spiro atoms. The van der Waals surface area contributed by atoms with E-state index < -0.39 is 30.5 Å². The van der Waals surface area contributed by atoms with E-state index in [9.17, 15) is 18.0 Å². The Morgan fingerprint density at radius 2 is 2.10 bits per heavy atom. The van der Waals surface area contributed by atoms with E-state index in [1.54, 1.807) is 11.8 Å². The fourth-order valence-electron chi connectivity index (χ4n) is 2.80. The van der Waals surface area contributed by atoms with Gasteiger partial charge in [-0.1, -0.05) is 0 Å². The minimum atomic E-state index is -4.74. The van der Waals surface area contributed by atoms with Crippen LogP contribution in [0.2, 0.25) is 0 Å². The third-order valence-electron chi connectivity index (χ3n) is 4.12. The van der Waals surface area contributed by atoms with Gasteiger partial charge in [0.1, 0.15) is 0 Å². The first kappa shape index (κ1) is 16.2. The minimum Gasteiger partial charge on any atom is -0.481 e. The fourth-order valence-corrected chi connectivity index (χ4v) is 3.81. The predicted molar refractivity (Wildman–Crippen MR) is 72.3 cm³/mol. The van der Waals surface area contributed by atoms with Crippen LogP contribution in [-0.2, 0) is 4.79 Å². The molecule has 2 heterocycles. The maximum Gasteiger partial charge on any atom is 0.406 e. The summed E-state index contributed by atoms with van der Waals surface area (Å²) in [6.45, 7) is 5.07. The van der Waals surface area contributed by atoms with Gasteiger partial charge in [0.05, 0.1) is 10.7 Å². The second kappa shape index (κ2) is 5.24. The summed E-state index contributed by atoms with van der Waals surface area (Å²) < 4.78 is 39.5. The van der Waals surface area contributed by atoms with E-state index in [-0.39, 0.29) is 12.6 Å². The summed E-state index contributed by atoms with van der Waals surface area (Å²) in [5.41, 5.74) is -1.86. The SMILES string of the molecule is Cc1nc(C)c(C(C)N2CCC(C(=O)O)(C(F)(F)F)C2)s1. The van der Waals surface area contributed by atoms with E-state index in [0.29, 0.717) is 0 Å². The highest BCUT2D eigenvalue weighted by atomic mass is 32.1. The largest absolute Gasteiger partial charge is 0.481 e. The smallest absolute Gasteiger partial charge is 0.406 e. The van der Waals surface area contributed by atoms with Crippen LogP contribution in [0.4, 0.5) is 13.2 Å². The highest BCUT2D eigenvalue weighted by Crippen LogP contribution is 2.48. The van der Waals surface area contributed by atoms with Crippen LogP contribution in [-0.4, -0.2) is 40.2 Å².